The Kier molecular flexibility index (Phi) is 4.53. The molecule has 1 aromatic carbocycles. The van der Waals surface area contributed by atoms with E-state index in [4.69, 9.17) is 11.6 Å². The average molecular weight is 291 g/mol. The van der Waals surface area contributed by atoms with E-state index >= 15 is 0 Å². The molecule has 2 rings (SSSR count). The van der Waals surface area contributed by atoms with Gasteiger partial charge in [-0.25, -0.2) is 9.97 Å². The highest BCUT2D eigenvalue weighted by Crippen LogP contribution is 2.13. The molecule has 0 radical (unpaired) electrons. The van der Waals surface area contributed by atoms with Gasteiger partial charge in [-0.15, -0.1) is 0 Å². The number of rotatable bonds is 4. The van der Waals surface area contributed by atoms with Crippen LogP contribution in [0.2, 0.25) is 5.15 Å². The smallest absolute Gasteiger partial charge is 0.246 e. The van der Waals surface area contributed by atoms with Crippen molar-refractivity contribution in [2.75, 3.05) is 10.6 Å². The predicted octanol–water partition coefficient (Wildman–Crippen LogP) is 2.88. The summed E-state index contributed by atoms with van der Waals surface area (Å²) in [6.45, 7) is 3.50. The van der Waals surface area contributed by atoms with E-state index in [1.54, 1.807) is 19.9 Å². The van der Waals surface area contributed by atoms with Crippen molar-refractivity contribution in [3.63, 3.8) is 0 Å². The van der Waals surface area contributed by atoms with Crippen LogP contribution in [-0.4, -0.2) is 21.9 Å². The zero-order valence-corrected chi connectivity index (χ0v) is 12.0. The van der Waals surface area contributed by atoms with Gasteiger partial charge in [0.25, 0.3) is 0 Å². The molecule has 0 saturated carbocycles. The van der Waals surface area contributed by atoms with Crippen LogP contribution >= 0.6 is 11.6 Å². The van der Waals surface area contributed by atoms with Crippen LogP contribution in [0.5, 0.6) is 0 Å². The Morgan fingerprint density at radius 2 is 1.95 bits per heavy atom. The number of hydrogen-bond donors (Lipinski definition) is 2. The third kappa shape index (κ3) is 3.93. The fourth-order valence-corrected chi connectivity index (χ4v) is 1.89. The van der Waals surface area contributed by atoms with Crippen molar-refractivity contribution >= 4 is 29.0 Å². The number of carbonyl (C=O) groups excluding carboxylic acids is 1. The van der Waals surface area contributed by atoms with Gasteiger partial charge < -0.3 is 10.6 Å². The molecule has 0 aliphatic carbocycles. The molecule has 104 valence electrons. The van der Waals surface area contributed by atoms with Crippen LogP contribution in [0.3, 0.4) is 0 Å². The Morgan fingerprint density at radius 3 is 2.60 bits per heavy atom. The van der Waals surface area contributed by atoms with Crippen LogP contribution < -0.4 is 10.6 Å². The van der Waals surface area contributed by atoms with Crippen LogP contribution in [0.25, 0.3) is 0 Å². The molecule has 5 nitrogen and oxygen atoms in total. The highest BCUT2D eigenvalue weighted by molar-refractivity contribution is 6.29. The highest BCUT2D eigenvalue weighted by Gasteiger charge is 2.13. The number of nitrogens with one attached hydrogen (secondary N) is 2. The highest BCUT2D eigenvalue weighted by atomic mass is 35.5. The maximum absolute atomic E-state index is 12.0. The lowest BCUT2D eigenvalue weighted by atomic mass is 10.2. The molecule has 1 unspecified atom stereocenters. The number of nitrogens with zero attached hydrogens (tertiary/aromatic N) is 2. The largest absolute Gasteiger partial charge is 0.358 e. The molecular weight excluding hydrogens is 276 g/mol. The van der Waals surface area contributed by atoms with Gasteiger partial charge in [0, 0.05) is 11.8 Å². The number of aryl methyl sites for hydroxylation is 1. The number of anilines is 2. The molecule has 0 bridgehead atoms. The zero-order chi connectivity index (χ0) is 14.5. The summed E-state index contributed by atoms with van der Waals surface area (Å²) in [5, 5.41) is 6.15. The Hall–Kier alpha value is -2.14. The quantitative estimate of drug-likeness (QED) is 0.850. The zero-order valence-electron chi connectivity index (χ0n) is 11.2. The molecule has 0 saturated heterocycles. The van der Waals surface area contributed by atoms with Crippen molar-refractivity contribution in [2.45, 2.75) is 19.9 Å². The number of benzene rings is 1. The van der Waals surface area contributed by atoms with Gasteiger partial charge >= 0.3 is 0 Å². The Bertz CT molecular complexity index is 583. The van der Waals surface area contributed by atoms with Crippen molar-refractivity contribution in [3.8, 4) is 0 Å². The minimum atomic E-state index is -0.444. The van der Waals surface area contributed by atoms with Crippen molar-refractivity contribution in [1.82, 2.24) is 9.97 Å². The van der Waals surface area contributed by atoms with Gasteiger partial charge in [-0.2, -0.15) is 0 Å². The van der Waals surface area contributed by atoms with Gasteiger partial charge in [0.2, 0.25) is 5.91 Å². The third-order valence-electron chi connectivity index (χ3n) is 2.61. The molecule has 2 N–H and O–H groups in total. The monoisotopic (exact) mass is 290 g/mol. The fourth-order valence-electron chi connectivity index (χ4n) is 1.66. The van der Waals surface area contributed by atoms with Crippen molar-refractivity contribution in [2.24, 2.45) is 0 Å². The summed E-state index contributed by atoms with van der Waals surface area (Å²) >= 11 is 5.85. The van der Waals surface area contributed by atoms with Crippen LogP contribution in [0.4, 0.5) is 11.5 Å². The van der Waals surface area contributed by atoms with E-state index < -0.39 is 6.04 Å². The minimum absolute atomic E-state index is 0.149. The van der Waals surface area contributed by atoms with Gasteiger partial charge in [0.1, 0.15) is 22.8 Å². The molecule has 1 amide bonds. The van der Waals surface area contributed by atoms with Gasteiger partial charge in [-0.1, -0.05) is 29.8 Å². The summed E-state index contributed by atoms with van der Waals surface area (Å²) in [6.07, 6.45) is 0. The first-order valence-corrected chi connectivity index (χ1v) is 6.56. The summed E-state index contributed by atoms with van der Waals surface area (Å²) in [7, 11) is 0. The van der Waals surface area contributed by atoms with Gasteiger partial charge in [0.05, 0.1) is 0 Å². The summed E-state index contributed by atoms with van der Waals surface area (Å²) in [6, 6.07) is 10.4. The first-order valence-electron chi connectivity index (χ1n) is 6.18. The van der Waals surface area contributed by atoms with E-state index in [2.05, 4.69) is 20.6 Å². The molecule has 0 spiro atoms. The van der Waals surface area contributed by atoms with E-state index in [9.17, 15) is 4.79 Å². The molecule has 0 aliphatic rings. The maximum atomic E-state index is 12.0. The second-order valence-corrected chi connectivity index (χ2v) is 4.73. The second-order valence-electron chi connectivity index (χ2n) is 4.34. The topological polar surface area (TPSA) is 66.9 Å². The molecule has 1 heterocycles. The molecule has 20 heavy (non-hydrogen) atoms. The van der Waals surface area contributed by atoms with Gasteiger partial charge in [-0.05, 0) is 26.0 Å². The van der Waals surface area contributed by atoms with E-state index in [-0.39, 0.29) is 5.91 Å². The standard InChI is InChI=1S/C14H15ClN4O/c1-9(14(20)19-11-6-4-3-5-7-11)16-13-8-12(15)17-10(2)18-13/h3-9H,1-2H3,(H,19,20)(H,16,17,18). The summed E-state index contributed by atoms with van der Waals surface area (Å²) < 4.78 is 0. The lowest BCUT2D eigenvalue weighted by Crippen LogP contribution is -2.32. The molecule has 2 aromatic rings. The molecule has 0 fully saturated rings. The molecule has 1 aromatic heterocycles. The number of carbonyl (C=O) groups is 1. The number of amides is 1. The van der Waals surface area contributed by atoms with E-state index in [1.165, 1.54) is 0 Å². The second kappa shape index (κ2) is 6.34. The molecular formula is C14H15ClN4O. The van der Waals surface area contributed by atoms with Crippen LogP contribution in [0.1, 0.15) is 12.7 Å². The Balaban J connectivity index is 2.00. The van der Waals surface area contributed by atoms with Crippen LogP contribution in [0, 0.1) is 6.92 Å². The first-order chi connectivity index (χ1) is 9.54. The third-order valence-corrected chi connectivity index (χ3v) is 2.80. The van der Waals surface area contributed by atoms with Crippen LogP contribution in [-0.2, 0) is 4.79 Å². The fraction of sp³-hybridized carbons (Fsp3) is 0.214. The summed E-state index contributed by atoms with van der Waals surface area (Å²) in [5.74, 6) is 0.928. The van der Waals surface area contributed by atoms with Gasteiger partial charge in [-0.3, -0.25) is 4.79 Å². The maximum Gasteiger partial charge on any atom is 0.246 e. The first kappa shape index (κ1) is 14.3. The summed E-state index contributed by atoms with van der Waals surface area (Å²) in [5.41, 5.74) is 0.753. The lowest BCUT2D eigenvalue weighted by molar-refractivity contribution is -0.116. The number of halogens is 1. The lowest BCUT2D eigenvalue weighted by Gasteiger charge is -2.15. The molecule has 0 aliphatic heterocycles. The number of aromatic nitrogens is 2. The number of para-hydroxylation sites is 1. The van der Waals surface area contributed by atoms with Crippen molar-refractivity contribution in [1.29, 1.82) is 0 Å². The minimum Gasteiger partial charge on any atom is -0.358 e. The Labute approximate surface area is 122 Å². The SMILES string of the molecule is Cc1nc(Cl)cc(NC(C)C(=O)Nc2ccccc2)n1. The Morgan fingerprint density at radius 1 is 1.25 bits per heavy atom. The van der Waals surface area contributed by atoms with Crippen molar-refractivity contribution in [3.05, 3.63) is 47.4 Å². The van der Waals surface area contributed by atoms with Crippen molar-refractivity contribution < 1.29 is 4.79 Å². The average Bonchev–Trinajstić information content (AvgIpc) is 2.38. The summed E-state index contributed by atoms with van der Waals surface area (Å²) in [4.78, 5) is 20.2. The number of hydrogen-bond acceptors (Lipinski definition) is 4. The molecule has 1 atom stereocenters. The van der Waals surface area contributed by atoms with E-state index in [1.807, 2.05) is 30.3 Å². The molecule has 6 heteroatoms. The normalized spacial score (nSPS) is 11.8. The van der Waals surface area contributed by atoms with Crippen LogP contribution in [0.15, 0.2) is 36.4 Å². The van der Waals surface area contributed by atoms with E-state index in [0.29, 0.717) is 16.8 Å². The predicted molar refractivity (Wildman–Crippen MR) is 79.9 cm³/mol. The van der Waals surface area contributed by atoms with Gasteiger partial charge in [0.15, 0.2) is 0 Å². The van der Waals surface area contributed by atoms with E-state index in [0.717, 1.165) is 5.69 Å².